The molecule has 0 bridgehead atoms. The van der Waals surface area contributed by atoms with E-state index < -0.39 is 11.7 Å². The van der Waals surface area contributed by atoms with E-state index >= 15 is 0 Å². The van der Waals surface area contributed by atoms with Gasteiger partial charge in [-0.25, -0.2) is 4.98 Å². The van der Waals surface area contributed by atoms with Crippen LogP contribution in [0.15, 0.2) is 36.7 Å². The van der Waals surface area contributed by atoms with Gasteiger partial charge in [0.05, 0.1) is 13.7 Å². The number of hydrogen-bond donors (Lipinski definition) is 0. The molecule has 2 aromatic rings. The number of methoxy groups -OCH3 is 1. The highest BCUT2D eigenvalue weighted by atomic mass is 16.5. The first-order valence-electron chi connectivity index (χ1n) is 11.5. The highest BCUT2D eigenvalue weighted by Crippen LogP contribution is 2.40. The number of imidazole rings is 1. The summed E-state index contributed by atoms with van der Waals surface area (Å²) in [7, 11) is 1.61. The predicted octanol–water partition coefficient (Wildman–Crippen LogP) is 2.43. The summed E-state index contributed by atoms with van der Waals surface area (Å²) in [5, 5.41) is 0. The summed E-state index contributed by atoms with van der Waals surface area (Å²) in [5.41, 5.74) is 0.0140. The molecule has 2 amide bonds. The second kappa shape index (κ2) is 8.58. The number of carbonyl (C=O) groups is 2. The first-order chi connectivity index (χ1) is 15.6. The Morgan fingerprint density at radius 3 is 2.44 bits per heavy atom. The lowest BCUT2D eigenvalue weighted by molar-refractivity contribution is -0.180. The van der Waals surface area contributed by atoms with Gasteiger partial charge in [-0.15, -0.1) is 0 Å². The SMILES string of the molecule is COc1ccc(C(=O)N2CCC3(CC2)O[C@@H](C(=O)N2CCCCC2)Cn2ccnc23)cc1. The van der Waals surface area contributed by atoms with Crippen LogP contribution in [0.3, 0.4) is 0 Å². The molecule has 1 atom stereocenters. The average molecular weight is 439 g/mol. The maximum absolute atomic E-state index is 13.2. The zero-order chi connectivity index (χ0) is 22.1. The molecule has 0 unspecified atom stereocenters. The largest absolute Gasteiger partial charge is 0.497 e. The Bertz CT molecular complexity index is 972. The third kappa shape index (κ3) is 3.77. The second-order valence-electron chi connectivity index (χ2n) is 8.91. The molecule has 8 nitrogen and oxygen atoms in total. The van der Waals surface area contributed by atoms with E-state index in [1.807, 2.05) is 16.0 Å². The van der Waals surface area contributed by atoms with Gasteiger partial charge in [0.1, 0.15) is 17.2 Å². The molecule has 0 N–H and O–H groups in total. The zero-order valence-corrected chi connectivity index (χ0v) is 18.5. The van der Waals surface area contributed by atoms with E-state index in [0.29, 0.717) is 38.0 Å². The fraction of sp³-hybridized carbons (Fsp3) is 0.542. The number of aromatic nitrogens is 2. The topological polar surface area (TPSA) is 76.9 Å². The first-order valence-corrected chi connectivity index (χ1v) is 11.5. The molecule has 5 rings (SSSR count). The van der Waals surface area contributed by atoms with Crippen molar-refractivity contribution in [3.63, 3.8) is 0 Å². The summed E-state index contributed by atoms with van der Waals surface area (Å²) in [5.74, 6) is 1.69. The van der Waals surface area contributed by atoms with Crippen LogP contribution < -0.4 is 4.74 Å². The normalized spacial score (nSPS) is 22.5. The highest BCUT2D eigenvalue weighted by molar-refractivity contribution is 5.94. The van der Waals surface area contributed by atoms with E-state index in [4.69, 9.17) is 9.47 Å². The number of likely N-dealkylation sites (tertiary alicyclic amines) is 2. The lowest BCUT2D eigenvalue weighted by Gasteiger charge is -2.46. The van der Waals surface area contributed by atoms with Crippen molar-refractivity contribution < 1.29 is 19.1 Å². The summed E-state index contributed by atoms with van der Waals surface area (Å²) in [6.07, 6.45) is 7.76. The maximum atomic E-state index is 13.2. The van der Waals surface area contributed by atoms with Crippen LogP contribution >= 0.6 is 0 Å². The molecule has 32 heavy (non-hydrogen) atoms. The van der Waals surface area contributed by atoms with Crippen LogP contribution in [0, 0.1) is 0 Å². The summed E-state index contributed by atoms with van der Waals surface area (Å²) >= 11 is 0. The standard InChI is InChI=1S/C24H30N4O4/c1-31-19-7-5-18(6-8-19)21(29)27-14-9-24(10-15-27)23-25-11-16-28(23)17-20(32-24)22(30)26-12-3-2-4-13-26/h5-8,11,16,20H,2-4,9-10,12-15,17H2,1H3/t20-/m1/s1. The molecule has 1 spiro atoms. The number of carbonyl (C=O) groups excluding carboxylic acids is 2. The molecule has 2 saturated heterocycles. The minimum atomic E-state index is -0.630. The van der Waals surface area contributed by atoms with Crippen molar-refractivity contribution in [3.8, 4) is 5.75 Å². The van der Waals surface area contributed by atoms with Crippen molar-refractivity contribution in [1.29, 1.82) is 0 Å². The number of hydrogen-bond acceptors (Lipinski definition) is 5. The minimum Gasteiger partial charge on any atom is -0.497 e. The third-order valence-corrected chi connectivity index (χ3v) is 6.99. The van der Waals surface area contributed by atoms with Crippen molar-refractivity contribution in [1.82, 2.24) is 19.4 Å². The van der Waals surface area contributed by atoms with E-state index in [1.54, 1.807) is 37.6 Å². The van der Waals surface area contributed by atoms with Gasteiger partial charge in [-0.3, -0.25) is 9.59 Å². The van der Waals surface area contributed by atoms with Gasteiger partial charge >= 0.3 is 0 Å². The van der Waals surface area contributed by atoms with Crippen LogP contribution in [0.1, 0.15) is 48.3 Å². The van der Waals surface area contributed by atoms with E-state index in [2.05, 4.69) is 9.55 Å². The molecule has 4 heterocycles. The lowest BCUT2D eigenvalue weighted by atomic mass is 9.88. The molecule has 0 radical (unpaired) electrons. The minimum absolute atomic E-state index is 0.00241. The number of amides is 2. The fourth-order valence-electron chi connectivity index (χ4n) is 5.17. The molecule has 3 aliphatic rings. The highest BCUT2D eigenvalue weighted by Gasteiger charge is 2.48. The Morgan fingerprint density at radius 1 is 1.03 bits per heavy atom. The number of ether oxygens (including phenoxy) is 2. The summed E-state index contributed by atoms with van der Waals surface area (Å²) in [6.45, 7) is 3.24. The van der Waals surface area contributed by atoms with Crippen LogP contribution in [0.4, 0.5) is 0 Å². The smallest absolute Gasteiger partial charge is 0.253 e. The monoisotopic (exact) mass is 438 g/mol. The van der Waals surface area contributed by atoms with Crippen LogP contribution in [-0.2, 0) is 21.7 Å². The summed E-state index contributed by atoms with van der Waals surface area (Å²) < 4.78 is 13.8. The van der Waals surface area contributed by atoms with Crippen LogP contribution in [0.2, 0.25) is 0 Å². The molecule has 3 aliphatic heterocycles. The second-order valence-corrected chi connectivity index (χ2v) is 8.91. The Kier molecular flexibility index (Phi) is 5.63. The van der Waals surface area contributed by atoms with Crippen molar-refractivity contribution >= 4 is 11.8 Å². The van der Waals surface area contributed by atoms with Gasteiger partial charge in [0.25, 0.3) is 11.8 Å². The van der Waals surface area contributed by atoms with E-state index in [-0.39, 0.29) is 11.8 Å². The Hall–Kier alpha value is -2.87. The van der Waals surface area contributed by atoms with Gasteiger partial charge in [0.2, 0.25) is 0 Å². The number of benzene rings is 1. The fourth-order valence-corrected chi connectivity index (χ4v) is 5.17. The summed E-state index contributed by atoms with van der Waals surface area (Å²) in [6, 6.07) is 7.19. The van der Waals surface area contributed by atoms with E-state index in [1.165, 1.54) is 6.42 Å². The Balaban J connectivity index is 1.31. The van der Waals surface area contributed by atoms with Gasteiger partial charge in [-0.2, -0.15) is 0 Å². The van der Waals surface area contributed by atoms with E-state index in [9.17, 15) is 9.59 Å². The molecule has 2 fully saturated rings. The van der Waals surface area contributed by atoms with Gasteiger partial charge in [-0.05, 0) is 43.5 Å². The zero-order valence-electron chi connectivity index (χ0n) is 18.5. The van der Waals surface area contributed by atoms with Crippen LogP contribution in [0.5, 0.6) is 5.75 Å². The van der Waals surface area contributed by atoms with Gasteiger partial charge < -0.3 is 23.8 Å². The maximum Gasteiger partial charge on any atom is 0.253 e. The Labute approximate surface area is 188 Å². The molecule has 170 valence electrons. The van der Waals surface area contributed by atoms with Crippen LogP contribution in [0.25, 0.3) is 0 Å². The van der Waals surface area contributed by atoms with Gasteiger partial charge in [-0.1, -0.05) is 0 Å². The van der Waals surface area contributed by atoms with Crippen molar-refractivity contribution in [2.75, 3.05) is 33.3 Å². The van der Waals surface area contributed by atoms with Gasteiger partial charge in [0.15, 0.2) is 6.10 Å². The third-order valence-electron chi connectivity index (χ3n) is 6.99. The molecule has 1 aromatic heterocycles. The average Bonchev–Trinajstić information content (AvgIpc) is 3.34. The quantitative estimate of drug-likeness (QED) is 0.736. The predicted molar refractivity (Wildman–Crippen MR) is 117 cm³/mol. The number of piperidine rings is 2. The Morgan fingerprint density at radius 2 is 1.75 bits per heavy atom. The first kappa shape index (κ1) is 21.0. The number of nitrogens with zero attached hydrogens (tertiary/aromatic N) is 4. The summed E-state index contributed by atoms with van der Waals surface area (Å²) in [4.78, 5) is 34.6. The molecule has 0 saturated carbocycles. The number of fused-ring (bicyclic) bond motifs is 2. The number of rotatable bonds is 3. The van der Waals surface area contributed by atoms with E-state index in [0.717, 1.165) is 37.5 Å². The molecule has 0 aliphatic carbocycles. The van der Waals surface area contributed by atoms with Crippen molar-refractivity contribution in [3.05, 3.63) is 48.0 Å². The van der Waals surface area contributed by atoms with Crippen molar-refractivity contribution in [2.45, 2.75) is 50.4 Å². The van der Waals surface area contributed by atoms with Crippen molar-refractivity contribution in [2.24, 2.45) is 0 Å². The van der Waals surface area contributed by atoms with Crippen LogP contribution in [-0.4, -0.2) is 70.6 Å². The lowest BCUT2D eigenvalue weighted by Crippen LogP contribution is -2.55. The molecule has 1 aromatic carbocycles. The van der Waals surface area contributed by atoms with Gasteiger partial charge in [0, 0.05) is 57.0 Å². The molecule has 8 heteroatoms. The molecular weight excluding hydrogens is 408 g/mol. The molecular formula is C24H30N4O4.